The van der Waals surface area contributed by atoms with Gasteiger partial charge in [0, 0.05) is 11.6 Å². The van der Waals surface area contributed by atoms with E-state index in [1.54, 1.807) is 6.07 Å². The molecule has 0 aliphatic heterocycles. The van der Waals surface area contributed by atoms with E-state index < -0.39 is 0 Å². The molecule has 0 radical (unpaired) electrons. The molecular weight excluding hydrogens is 174 g/mol. The van der Waals surface area contributed by atoms with Gasteiger partial charge in [-0.25, -0.2) is 0 Å². The van der Waals surface area contributed by atoms with Crippen LogP contribution < -0.4 is 5.73 Å². The molecule has 0 fully saturated rings. The Hall–Kier alpha value is -1.02. The van der Waals surface area contributed by atoms with Crippen LogP contribution >= 0.6 is 0 Å². The first kappa shape index (κ1) is 11.1. The van der Waals surface area contributed by atoms with Gasteiger partial charge < -0.3 is 10.8 Å². The number of phenols is 1. The summed E-state index contributed by atoms with van der Waals surface area (Å²) in [6.07, 6.45) is 0. The number of rotatable bonds is 2. The molecule has 3 N–H and O–H groups in total. The predicted molar refractivity (Wildman–Crippen MR) is 59.5 cm³/mol. The average molecular weight is 193 g/mol. The van der Waals surface area contributed by atoms with Gasteiger partial charge in [0.05, 0.1) is 0 Å². The van der Waals surface area contributed by atoms with Crippen LogP contribution in [0.3, 0.4) is 0 Å². The van der Waals surface area contributed by atoms with Gasteiger partial charge in [0.25, 0.3) is 0 Å². The van der Waals surface area contributed by atoms with Crippen LogP contribution in [0, 0.1) is 6.92 Å². The molecule has 2 heteroatoms. The molecule has 1 aromatic carbocycles. The smallest absolute Gasteiger partial charge is 0.120 e. The Morgan fingerprint density at radius 1 is 1.14 bits per heavy atom. The van der Waals surface area contributed by atoms with E-state index in [0.29, 0.717) is 11.7 Å². The van der Waals surface area contributed by atoms with Crippen molar-refractivity contribution in [1.82, 2.24) is 0 Å². The highest BCUT2D eigenvalue weighted by atomic mass is 16.3. The van der Waals surface area contributed by atoms with Crippen molar-refractivity contribution in [2.45, 2.75) is 39.7 Å². The van der Waals surface area contributed by atoms with Crippen LogP contribution in [0.2, 0.25) is 0 Å². The lowest BCUT2D eigenvalue weighted by Gasteiger charge is -2.15. The highest BCUT2D eigenvalue weighted by molar-refractivity contribution is 5.43. The van der Waals surface area contributed by atoms with Crippen LogP contribution in [0.15, 0.2) is 12.1 Å². The molecule has 1 rings (SSSR count). The van der Waals surface area contributed by atoms with E-state index in [1.807, 2.05) is 19.9 Å². The summed E-state index contributed by atoms with van der Waals surface area (Å²) in [5, 5.41) is 9.69. The van der Waals surface area contributed by atoms with E-state index in [1.165, 1.54) is 5.56 Å². The first-order valence-corrected chi connectivity index (χ1v) is 5.02. The Morgan fingerprint density at radius 2 is 1.71 bits per heavy atom. The standard InChI is InChI=1S/C12H19NO/c1-7(2)10-6-11(9(4)13)12(14)5-8(10)3/h5-7,9,14H,13H2,1-4H3. The number of nitrogens with two attached hydrogens (primary N) is 1. The van der Waals surface area contributed by atoms with Crippen LogP contribution in [0.5, 0.6) is 5.75 Å². The normalized spacial score (nSPS) is 13.3. The number of benzene rings is 1. The van der Waals surface area contributed by atoms with Gasteiger partial charge in [0.2, 0.25) is 0 Å². The molecular formula is C12H19NO. The van der Waals surface area contributed by atoms with Crippen molar-refractivity contribution < 1.29 is 5.11 Å². The summed E-state index contributed by atoms with van der Waals surface area (Å²) in [5.74, 6) is 0.773. The van der Waals surface area contributed by atoms with E-state index in [9.17, 15) is 5.11 Å². The van der Waals surface area contributed by atoms with Gasteiger partial charge in [0.15, 0.2) is 0 Å². The second kappa shape index (κ2) is 4.01. The third kappa shape index (κ3) is 2.07. The number of aromatic hydroxyl groups is 1. The van der Waals surface area contributed by atoms with Gasteiger partial charge in [-0.3, -0.25) is 0 Å². The first-order chi connectivity index (χ1) is 6.43. The molecule has 0 bridgehead atoms. The summed E-state index contributed by atoms with van der Waals surface area (Å²) < 4.78 is 0. The zero-order chi connectivity index (χ0) is 10.9. The van der Waals surface area contributed by atoms with Crippen LogP contribution in [0.4, 0.5) is 0 Å². The molecule has 14 heavy (non-hydrogen) atoms. The average Bonchev–Trinajstić information content (AvgIpc) is 2.02. The summed E-state index contributed by atoms with van der Waals surface area (Å²) in [6.45, 7) is 8.18. The summed E-state index contributed by atoms with van der Waals surface area (Å²) in [7, 11) is 0. The number of aryl methyl sites for hydroxylation is 1. The van der Waals surface area contributed by atoms with E-state index >= 15 is 0 Å². The highest BCUT2D eigenvalue weighted by Gasteiger charge is 2.11. The number of hydrogen-bond acceptors (Lipinski definition) is 2. The maximum absolute atomic E-state index is 9.69. The minimum atomic E-state index is -0.118. The Kier molecular flexibility index (Phi) is 3.17. The third-order valence-corrected chi connectivity index (χ3v) is 2.53. The van der Waals surface area contributed by atoms with Crippen molar-refractivity contribution in [1.29, 1.82) is 0 Å². The van der Waals surface area contributed by atoms with E-state index in [4.69, 9.17) is 5.73 Å². The second-order valence-corrected chi connectivity index (χ2v) is 4.21. The molecule has 1 atom stereocenters. The van der Waals surface area contributed by atoms with Gasteiger partial charge >= 0.3 is 0 Å². The molecule has 0 heterocycles. The van der Waals surface area contributed by atoms with Crippen molar-refractivity contribution in [3.8, 4) is 5.75 Å². The molecule has 78 valence electrons. The molecule has 0 aliphatic rings. The number of hydrogen-bond donors (Lipinski definition) is 2. The minimum Gasteiger partial charge on any atom is -0.508 e. The van der Waals surface area contributed by atoms with Crippen LogP contribution in [-0.2, 0) is 0 Å². The monoisotopic (exact) mass is 193 g/mol. The van der Waals surface area contributed by atoms with Crippen molar-refractivity contribution in [2.24, 2.45) is 5.73 Å². The summed E-state index contributed by atoms with van der Waals surface area (Å²) in [5.41, 5.74) is 8.99. The zero-order valence-corrected chi connectivity index (χ0v) is 9.33. The summed E-state index contributed by atoms with van der Waals surface area (Å²) >= 11 is 0. The van der Waals surface area contributed by atoms with Gasteiger partial charge in [-0.15, -0.1) is 0 Å². The van der Waals surface area contributed by atoms with Crippen molar-refractivity contribution >= 4 is 0 Å². The Labute approximate surface area is 85.8 Å². The fraction of sp³-hybridized carbons (Fsp3) is 0.500. The Bertz CT molecular complexity index is 300. The molecule has 0 saturated carbocycles. The van der Waals surface area contributed by atoms with Crippen molar-refractivity contribution in [3.63, 3.8) is 0 Å². The summed E-state index contributed by atoms with van der Waals surface area (Å²) in [4.78, 5) is 0. The molecule has 0 spiro atoms. The lowest BCUT2D eigenvalue weighted by molar-refractivity contribution is 0.462. The molecule has 1 aromatic rings. The Morgan fingerprint density at radius 3 is 2.14 bits per heavy atom. The lowest BCUT2D eigenvalue weighted by atomic mass is 9.93. The third-order valence-electron chi connectivity index (χ3n) is 2.53. The summed E-state index contributed by atoms with van der Waals surface area (Å²) in [6, 6.07) is 3.70. The maximum Gasteiger partial charge on any atom is 0.120 e. The van der Waals surface area contributed by atoms with E-state index in [-0.39, 0.29) is 6.04 Å². The van der Waals surface area contributed by atoms with Gasteiger partial charge in [0.1, 0.15) is 5.75 Å². The van der Waals surface area contributed by atoms with Gasteiger partial charge in [-0.1, -0.05) is 19.9 Å². The van der Waals surface area contributed by atoms with Crippen LogP contribution in [-0.4, -0.2) is 5.11 Å². The van der Waals surface area contributed by atoms with E-state index in [0.717, 1.165) is 11.1 Å². The minimum absolute atomic E-state index is 0.118. The molecule has 1 unspecified atom stereocenters. The van der Waals surface area contributed by atoms with Crippen molar-refractivity contribution in [2.75, 3.05) is 0 Å². The van der Waals surface area contributed by atoms with E-state index in [2.05, 4.69) is 13.8 Å². The fourth-order valence-corrected chi connectivity index (χ4v) is 1.71. The molecule has 0 saturated heterocycles. The molecule has 0 amide bonds. The topological polar surface area (TPSA) is 46.2 Å². The molecule has 0 aliphatic carbocycles. The SMILES string of the molecule is Cc1cc(O)c(C(C)N)cc1C(C)C. The predicted octanol–water partition coefficient (Wildman–Crippen LogP) is 2.84. The molecule has 2 nitrogen and oxygen atoms in total. The van der Waals surface area contributed by atoms with Crippen LogP contribution in [0.25, 0.3) is 0 Å². The number of phenolic OH excluding ortho intramolecular Hbond substituents is 1. The van der Waals surface area contributed by atoms with Gasteiger partial charge in [-0.05, 0) is 37.0 Å². The largest absolute Gasteiger partial charge is 0.508 e. The fourth-order valence-electron chi connectivity index (χ4n) is 1.71. The van der Waals surface area contributed by atoms with Crippen LogP contribution in [0.1, 0.15) is 49.4 Å². The first-order valence-electron chi connectivity index (χ1n) is 5.02. The molecule has 0 aromatic heterocycles. The Balaban J connectivity index is 3.27. The quantitative estimate of drug-likeness (QED) is 0.758. The zero-order valence-electron chi connectivity index (χ0n) is 9.33. The van der Waals surface area contributed by atoms with Crippen molar-refractivity contribution in [3.05, 3.63) is 28.8 Å². The highest BCUT2D eigenvalue weighted by Crippen LogP contribution is 2.29. The van der Waals surface area contributed by atoms with Gasteiger partial charge in [-0.2, -0.15) is 0 Å². The maximum atomic E-state index is 9.69. The second-order valence-electron chi connectivity index (χ2n) is 4.21. The lowest BCUT2D eigenvalue weighted by Crippen LogP contribution is -2.07.